The summed E-state index contributed by atoms with van der Waals surface area (Å²) in [6.45, 7) is 0.776. The monoisotopic (exact) mass is 269 g/mol. The van der Waals surface area contributed by atoms with Crippen molar-refractivity contribution in [3.8, 4) is 11.5 Å². The fourth-order valence-electron chi connectivity index (χ4n) is 1.94. The van der Waals surface area contributed by atoms with E-state index in [0.717, 1.165) is 30.0 Å². The first-order valence-corrected chi connectivity index (χ1v) is 6.59. The van der Waals surface area contributed by atoms with Crippen molar-refractivity contribution in [2.75, 3.05) is 20.8 Å². The zero-order chi connectivity index (χ0) is 14.2. The third-order valence-corrected chi connectivity index (χ3v) is 3.02. The van der Waals surface area contributed by atoms with Crippen LogP contribution in [0.1, 0.15) is 11.1 Å². The first kappa shape index (κ1) is 14.1. The summed E-state index contributed by atoms with van der Waals surface area (Å²) >= 11 is 0. The molecule has 3 heteroatoms. The van der Waals surface area contributed by atoms with Crippen molar-refractivity contribution in [2.45, 2.75) is 6.42 Å². The van der Waals surface area contributed by atoms with Crippen LogP contribution in [-0.2, 0) is 6.42 Å². The van der Waals surface area contributed by atoms with E-state index in [9.17, 15) is 0 Å². The molecule has 0 fully saturated rings. The zero-order valence-corrected chi connectivity index (χ0v) is 11.9. The molecular formula is C17H19NO2. The molecule has 2 aromatic carbocycles. The minimum atomic E-state index is 0.722. The molecule has 2 aromatic rings. The molecule has 0 heterocycles. The van der Waals surface area contributed by atoms with Gasteiger partial charge in [-0.1, -0.05) is 30.3 Å². The van der Waals surface area contributed by atoms with Gasteiger partial charge in [-0.25, -0.2) is 0 Å². The highest BCUT2D eigenvalue weighted by molar-refractivity contribution is 5.80. The minimum Gasteiger partial charge on any atom is -0.493 e. The molecule has 0 radical (unpaired) electrons. The van der Waals surface area contributed by atoms with Gasteiger partial charge in [0, 0.05) is 12.8 Å². The molecule has 0 N–H and O–H groups in total. The van der Waals surface area contributed by atoms with Gasteiger partial charge in [-0.2, -0.15) is 0 Å². The van der Waals surface area contributed by atoms with Crippen molar-refractivity contribution in [3.63, 3.8) is 0 Å². The highest BCUT2D eigenvalue weighted by Gasteiger charge is 2.02. The molecule has 0 saturated heterocycles. The standard InChI is InChI=1S/C17H19NO2/c1-19-16-9-8-15(12-17(16)20-2)13-18-11-10-14-6-4-3-5-7-14/h3-9,12-13H,10-11H2,1-2H3/b18-13+. The van der Waals surface area contributed by atoms with Crippen molar-refractivity contribution < 1.29 is 9.47 Å². The molecule has 0 spiro atoms. The molecule has 0 unspecified atom stereocenters. The van der Waals surface area contributed by atoms with Gasteiger partial charge in [0.1, 0.15) is 0 Å². The van der Waals surface area contributed by atoms with E-state index in [4.69, 9.17) is 9.47 Å². The molecule has 0 bridgehead atoms. The fourth-order valence-corrected chi connectivity index (χ4v) is 1.94. The van der Waals surface area contributed by atoms with E-state index in [-0.39, 0.29) is 0 Å². The van der Waals surface area contributed by atoms with Crippen molar-refractivity contribution in [1.82, 2.24) is 0 Å². The Morgan fingerprint density at radius 2 is 1.70 bits per heavy atom. The second-order valence-electron chi connectivity index (χ2n) is 4.39. The minimum absolute atomic E-state index is 0.722. The van der Waals surface area contributed by atoms with E-state index in [2.05, 4.69) is 17.1 Å². The number of hydrogen-bond acceptors (Lipinski definition) is 3. The maximum absolute atomic E-state index is 5.27. The number of ether oxygens (including phenoxy) is 2. The second kappa shape index (κ2) is 7.34. The predicted molar refractivity (Wildman–Crippen MR) is 82.2 cm³/mol. The Bertz CT molecular complexity index is 564. The summed E-state index contributed by atoms with van der Waals surface area (Å²) in [5, 5.41) is 0. The third kappa shape index (κ3) is 3.85. The number of methoxy groups -OCH3 is 2. The molecule has 2 rings (SSSR count). The van der Waals surface area contributed by atoms with Crippen LogP contribution >= 0.6 is 0 Å². The van der Waals surface area contributed by atoms with E-state index in [0.29, 0.717) is 0 Å². The Hall–Kier alpha value is -2.29. The average Bonchev–Trinajstić information content (AvgIpc) is 2.52. The van der Waals surface area contributed by atoms with Crippen LogP contribution in [0.5, 0.6) is 11.5 Å². The van der Waals surface area contributed by atoms with Gasteiger partial charge in [-0.15, -0.1) is 0 Å². The molecule has 20 heavy (non-hydrogen) atoms. The molecule has 104 valence electrons. The Morgan fingerprint density at radius 3 is 2.40 bits per heavy atom. The SMILES string of the molecule is COc1ccc(/C=N/CCc2ccccc2)cc1OC. The van der Waals surface area contributed by atoms with Crippen LogP contribution in [-0.4, -0.2) is 27.0 Å². The number of aliphatic imine (C=N–C) groups is 1. The fraction of sp³-hybridized carbons (Fsp3) is 0.235. The van der Waals surface area contributed by atoms with Crippen molar-refractivity contribution >= 4 is 6.21 Å². The summed E-state index contributed by atoms with van der Waals surface area (Å²) in [7, 11) is 3.26. The van der Waals surface area contributed by atoms with Gasteiger partial charge in [-0.3, -0.25) is 4.99 Å². The largest absolute Gasteiger partial charge is 0.493 e. The van der Waals surface area contributed by atoms with Gasteiger partial charge in [0.05, 0.1) is 14.2 Å². The molecule has 0 atom stereocenters. The molecule has 0 aliphatic rings. The Balaban J connectivity index is 1.94. The molecule has 0 aliphatic carbocycles. The van der Waals surface area contributed by atoms with Crippen LogP contribution in [0.15, 0.2) is 53.5 Å². The van der Waals surface area contributed by atoms with Crippen LogP contribution in [0.25, 0.3) is 0 Å². The van der Waals surface area contributed by atoms with Crippen LogP contribution in [0.2, 0.25) is 0 Å². The maximum atomic E-state index is 5.27. The van der Waals surface area contributed by atoms with E-state index in [1.165, 1.54) is 5.56 Å². The highest BCUT2D eigenvalue weighted by Crippen LogP contribution is 2.26. The van der Waals surface area contributed by atoms with Crippen LogP contribution in [0.4, 0.5) is 0 Å². The summed E-state index contributed by atoms with van der Waals surface area (Å²) in [4.78, 5) is 4.45. The van der Waals surface area contributed by atoms with E-state index in [1.54, 1.807) is 14.2 Å². The lowest BCUT2D eigenvalue weighted by Gasteiger charge is -2.07. The maximum Gasteiger partial charge on any atom is 0.161 e. The summed E-state index contributed by atoms with van der Waals surface area (Å²) in [5.74, 6) is 1.45. The van der Waals surface area contributed by atoms with Crippen LogP contribution in [0, 0.1) is 0 Å². The van der Waals surface area contributed by atoms with Gasteiger partial charge >= 0.3 is 0 Å². The number of benzene rings is 2. The Morgan fingerprint density at radius 1 is 0.950 bits per heavy atom. The molecule has 0 saturated carbocycles. The zero-order valence-electron chi connectivity index (χ0n) is 11.9. The first-order valence-electron chi connectivity index (χ1n) is 6.59. The molecule has 0 aliphatic heterocycles. The molecule has 0 amide bonds. The molecule has 3 nitrogen and oxygen atoms in total. The lowest BCUT2D eigenvalue weighted by atomic mass is 10.1. The number of nitrogens with zero attached hydrogens (tertiary/aromatic N) is 1. The number of hydrogen-bond donors (Lipinski definition) is 0. The number of rotatable bonds is 6. The topological polar surface area (TPSA) is 30.8 Å². The van der Waals surface area contributed by atoms with E-state index < -0.39 is 0 Å². The van der Waals surface area contributed by atoms with Gasteiger partial charge in [0.15, 0.2) is 11.5 Å². The Kier molecular flexibility index (Phi) is 5.18. The van der Waals surface area contributed by atoms with Crippen molar-refractivity contribution in [2.24, 2.45) is 4.99 Å². The average molecular weight is 269 g/mol. The highest BCUT2D eigenvalue weighted by atomic mass is 16.5. The van der Waals surface area contributed by atoms with Gasteiger partial charge in [0.2, 0.25) is 0 Å². The summed E-state index contributed by atoms with van der Waals surface area (Å²) in [5.41, 5.74) is 2.31. The summed E-state index contributed by atoms with van der Waals surface area (Å²) in [6.07, 6.45) is 2.82. The molecular weight excluding hydrogens is 250 g/mol. The normalized spacial score (nSPS) is 10.7. The summed E-state index contributed by atoms with van der Waals surface area (Å²) < 4.78 is 10.5. The van der Waals surface area contributed by atoms with Gasteiger partial charge in [-0.05, 0) is 35.7 Å². The van der Waals surface area contributed by atoms with E-state index >= 15 is 0 Å². The van der Waals surface area contributed by atoms with Crippen LogP contribution < -0.4 is 9.47 Å². The van der Waals surface area contributed by atoms with E-state index in [1.807, 2.05) is 42.6 Å². The molecule has 0 aromatic heterocycles. The predicted octanol–water partition coefficient (Wildman–Crippen LogP) is 3.37. The second-order valence-corrected chi connectivity index (χ2v) is 4.39. The van der Waals surface area contributed by atoms with Crippen molar-refractivity contribution in [3.05, 3.63) is 59.7 Å². The van der Waals surface area contributed by atoms with Crippen LogP contribution in [0.3, 0.4) is 0 Å². The Labute approximate surface area is 119 Å². The lowest BCUT2D eigenvalue weighted by Crippen LogP contribution is -1.93. The van der Waals surface area contributed by atoms with Crippen molar-refractivity contribution in [1.29, 1.82) is 0 Å². The summed E-state index contributed by atoms with van der Waals surface area (Å²) in [6, 6.07) is 16.1. The first-order chi connectivity index (χ1) is 9.83. The third-order valence-electron chi connectivity index (χ3n) is 3.02. The lowest BCUT2D eigenvalue weighted by molar-refractivity contribution is 0.355. The van der Waals surface area contributed by atoms with Gasteiger partial charge < -0.3 is 9.47 Å². The quantitative estimate of drug-likeness (QED) is 0.753. The smallest absolute Gasteiger partial charge is 0.161 e. The van der Waals surface area contributed by atoms with Gasteiger partial charge in [0.25, 0.3) is 0 Å².